The molecular weight excluding hydrogens is 330 g/mol. The van der Waals surface area contributed by atoms with Crippen LogP contribution >= 0.6 is 0 Å². The van der Waals surface area contributed by atoms with Gasteiger partial charge in [-0.1, -0.05) is 6.07 Å². The van der Waals surface area contributed by atoms with Gasteiger partial charge in [-0.3, -0.25) is 6.08 Å². The Morgan fingerprint density at radius 3 is 2.35 bits per heavy atom. The maximum absolute atomic E-state index is 2.99. The van der Waals surface area contributed by atoms with E-state index in [0.29, 0.717) is 0 Å². The topological polar surface area (TPSA) is 0 Å². The van der Waals surface area contributed by atoms with E-state index in [1.165, 1.54) is 10.8 Å². The van der Waals surface area contributed by atoms with Crippen LogP contribution in [0.3, 0.4) is 0 Å². The van der Waals surface area contributed by atoms with Crippen molar-refractivity contribution in [1.82, 2.24) is 0 Å². The van der Waals surface area contributed by atoms with Gasteiger partial charge in [0.1, 0.15) is 0 Å². The molecule has 0 bridgehead atoms. The first-order valence-corrected chi connectivity index (χ1v) is 4.79. The van der Waals surface area contributed by atoms with Gasteiger partial charge in [0.15, 0.2) is 0 Å². The summed E-state index contributed by atoms with van der Waals surface area (Å²) in [5, 5.41) is 2.66. The Kier molecular flexibility index (Phi) is 12.3. The van der Waals surface area contributed by atoms with Gasteiger partial charge in [-0.25, -0.2) is 12.2 Å². The van der Waals surface area contributed by atoms with Gasteiger partial charge in [0.05, 0.1) is 0 Å². The second-order valence-electron chi connectivity index (χ2n) is 3.16. The van der Waals surface area contributed by atoms with Gasteiger partial charge in [0, 0.05) is 0 Å². The molecule has 0 N–H and O–H groups in total. The summed E-state index contributed by atoms with van der Waals surface area (Å²) < 4.78 is 0. The molecule has 2 aromatic rings. The summed E-state index contributed by atoms with van der Waals surface area (Å²) >= 11 is 0. The van der Waals surface area contributed by atoms with E-state index in [1.54, 1.807) is 0 Å². The van der Waals surface area contributed by atoms with Gasteiger partial charge in [0.25, 0.3) is 0 Å². The standard InChI is InChI=1S/C9H7.C5H5.2ClH.Zr/c1-2-5-9-7-3-6-8(9)4-1;1-2-4-5-3-1;;;/h1-7H;1-3H,4H2;2*1H;/q2*-1;;;+2/p-2. The van der Waals surface area contributed by atoms with Crippen molar-refractivity contribution in [1.29, 1.82) is 0 Å². The van der Waals surface area contributed by atoms with Crippen molar-refractivity contribution in [3.05, 3.63) is 66.8 Å². The molecule has 1 aliphatic rings. The second kappa shape index (κ2) is 10.9. The van der Waals surface area contributed by atoms with Gasteiger partial charge in [-0.15, -0.1) is 36.1 Å². The molecule has 2 aromatic carbocycles. The van der Waals surface area contributed by atoms with Crippen LogP contribution in [0.5, 0.6) is 0 Å². The molecule has 17 heavy (non-hydrogen) atoms. The summed E-state index contributed by atoms with van der Waals surface area (Å²) in [5.41, 5.74) is 0. The molecule has 0 radical (unpaired) electrons. The summed E-state index contributed by atoms with van der Waals surface area (Å²) in [6, 6.07) is 14.7. The van der Waals surface area contributed by atoms with Crippen molar-refractivity contribution < 1.29 is 51.0 Å². The summed E-state index contributed by atoms with van der Waals surface area (Å²) in [4.78, 5) is 0. The molecule has 0 atom stereocenters. The van der Waals surface area contributed by atoms with Gasteiger partial charge < -0.3 is 24.8 Å². The smallest absolute Gasteiger partial charge is 1.00 e. The normalized spacial score (nSPS) is 10.6. The van der Waals surface area contributed by atoms with E-state index >= 15 is 0 Å². The Bertz CT molecular complexity index is 418. The van der Waals surface area contributed by atoms with Crippen LogP contribution in [-0.4, -0.2) is 0 Å². The van der Waals surface area contributed by atoms with Gasteiger partial charge in [-0.05, 0) is 0 Å². The minimum Gasteiger partial charge on any atom is -1.00 e. The zero-order valence-corrected chi connectivity index (χ0v) is 13.2. The van der Waals surface area contributed by atoms with Crippen molar-refractivity contribution in [2.75, 3.05) is 0 Å². The minimum absolute atomic E-state index is 0. The molecule has 0 unspecified atom stereocenters. The van der Waals surface area contributed by atoms with Crippen LogP contribution in [0.4, 0.5) is 0 Å². The van der Waals surface area contributed by atoms with Crippen LogP contribution in [0.2, 0.25) is 0 Å². The quantitative estimate of drug-likeness (QED) is 0.480. The summed E-state index contributed by atoms with van der Waals surface area (Å²) in [6.07, 6.45) is 10.0. The number of rotatable bonds is 0. The third-order valence-corrected chi connectivity index (χ3v) is 2.13. The van der Waals surface area contributed by atoms with Crippen LogP contribution in [-0.2, 0) is 26.2 Å². The Balaban J connectivity index is 0. The SMILES string of the molecule is [C-]1=CC=CC1.[Cl-].[Cl-].[Zr+2].c1ccc2[cH-]ccc2c1. The monoisotopic (exact) mass is 340 g/mol. The predicted molar refractivity (Wildman–Crippen MR) is 61.1 cm³/mol. The van der Waals surface area contributed by atoms with Crippen molar-refractivity contribution in [3.63, 3.8) is 0 Å². The van der Waals surface area contributed by atoms with E-state index in [0.717, 1.165) is 6.42 Å². The number of hydrogen-bond acceptors (Lipinski definition) is 0. The fraction of sp³-hybridized carbons (Fsp3) is 0.0714. The first-order chi connectivity index (χ1) is 6.97. The van der Waals surface area contributed by atoms with E-state index in [1.807, 2.05) is 12.2 Å². The van der Waals surface area contributed by atoms with Crippen molar-refractivity contribution >= 4 is 10.8 Å². The summed E-state index contributed by atoms with van der Waals surface area (Å²) in [6.45, 7) is 0. The maximum Gasteiger partial charge on any atom is 2.00 e. The molecule has 0 heterocycles. The third-order valence-electron chi connectivity index (χ3n) is 2.13. The number of hydrogen-bond donors (Lipinski definition) is 0. The van der Waals surface area contributed by atoms with Crippen LogP contribution in [0.15, 0.2) is 60.7 Å². The molecule has 0 nitrogen and oxygen atoms in total. The zero-order chi connectivity index (χ0) is 9.64. The number of benzene rings is 1. The molecular formula is C14H12Cl2Zr-2. The molecule has 0 fully saturated rings. The molecule has 0 spiro atoms. The van der Waals surface area contributed by atoms with Gasteiger partial charge in [-0.2, -0.15) is 23.6 Å². The fourth-order valence-corrected chi connectivity index (χ4v) is 1.41. The van der Waals surface area contributed by atoms with E-state index in [4.69, 9.17) is 0 Å². The van der Waals surface area contributed by atoms with Crippen molar-refractivity contribution in [2.24, 2.45) is 0 Å². The number of fused-ring (bicyclic) bond motifs is 1. The maximum atomic E-state index is 2.99. The Morgan fingerprint density at radius 1 is 1.06 bits per heavy atom. The zero-order valence-electron chi connectivity index (χ0n) is 9.24. The van der Waals surface area contributed by atoms with E-state index in [9.17, 15) is 0 Å². The first-order valence-electron chi connectivity index (χ1n) is 4.79. The number of allylic oxidation sites excluding steroid dienone is 4. The van der Waals surface area contributed by atoms with E-state index < -0.39 is 0 Å². The van der Waals surface area contributed by atoms with Crippen molar-refractivity contribution in [2.45, 2.75) is 6.42 Å². The average Bonchev–Trinajstić information content (AvgIpc) is 2.92. The molecule has 0 aromatic heterocycles. The van der Waals surface area contributed by atoms with Crippen LogP contribution in [0, 0.1) is 6.08 Å². The largest absolute Gasteiger partial charge is 2.00 e. The Morgan fingerprint density at radius 2 is 1.82 bits per heavy atom. The van der Waals surface area contributed by atoms with Gasteiger partial charge in [0.2, 0.25) is 0 Å². The Labute approximate surface area is 134 Å². The van der Waals surface area contributed by atoms with Crippen LogP contribution in [0.25, 0.3) is 10.8 Å². The van der Waals surface area contributed by atoms with Crippen LogP contribution < -0.4 is 24.8 Å². The third kappa shape index (κ3) is 6.31. The molecule has 0 aliphatic heterocycles. The molecule has 0 saturated carbocycles. The van der Waals surface area contributed by atoms with Crippen LogP contribution in [0.1, 0.15) is 6.42 Å². The molecule has 3 heteroatoms. The molecule has 3 rings (SSSR count). The molecule has 0 saturated heterocycles. The molecule has 0 amide bonds. The predicted octanol–water partition coefficient (Wildman–Crippen LogP) is -2.13. The number of halogens is 2. The Hall–Kier alpha value is -0.227. The van der Waals surface area contributed by atoms with Gasteiger partial charge >= 0.3 is 26.2 Å². The average molecular weight is 342 g/mol. The second-order valence-corrected chi connectivity index (χ2v) is 3.16. The molecule has 88 valence electrons. The fourth-order valence-electron chi connectivity index (χ4n) is 1.41. The first kappa shape index (κ1) is 19.1. The van der Waals surface area contributed by atoms with E-state index in [2.05, 4.69) is 54.6 Å². The molecule has 1 aliphatic carbocycles. The van der Waals surface area contributed by atoms with Crippen molar-refractivity contribution in [3.8, 4) is 0 Å². The summed E-state index contributed by atoms with van der Waals surface area (Å²) in [5.74, 6) is 0. The minimum atomic E-state index is 0. The van der Waals surface area contributed by atoms with E-state index in [-0.39, 0.29) is 51.0 Å². The summed E-state index contributed by atoms with van der Waals surface area (Å²) in [7, 11) is 0.